The number of hydrogen-bond acceptors (Lipinski definition) is 5. The van der Waals surface area contributed by atoms with Crippen LogP contribution in [0, 0.1) is 0 Å². The number of urea groups is 1. The topological polar surface area (TPSA) is 114 Å². The smallest absolute Gasteiger partial charge is 0.328 e. The van der Waals surface area contributed by atoms with Crippen LogP contribution in [0.5, 0.6) is 5.75 Å². The molecule has 0 aromatic heterocycles. The van der Waals surface area contributed by atoms with Crippen LogP contribution in [0.3, 0.4) is 0 Å². The molecule has 11 heteroatoms. The molecule has 0 radical (unpaired) electrons. The van der Waals surface area contributed by atoms with E-state index < -0.39 is 23.8 Å². The first-order valence-electron chi connectivity index (χ1n) is 8.28. The Hall–Kier alpha value is -3.07. The van der Waals surface area contributed by atoms with Gasteiger partial charge in [-0.3, -0.25) is 25.0 Å². The van der Waals surface area contributed by atoms with E-state index >= 15 is 0 Å². The van der Waals surface area contributed by atoms with Gasteiger partial charge in [0.05, 0.1) is 15.1 Å². The molecule has 0 unspecified atom stereocenters. The summed E-state index contributed by atoms with van der Waals surface area (Å²) in [6.07, 6.45) is 1.27. The van der Waals surface area contributed by atoms with Crippen LogP contribution in [-0.4, -0.2) is 30.4 Å². The maximum absolute atomic E-state index is 12.0. The van der Waals surface area contributed by atoms with Crippen molar-refractivity contribution in [3.63, 3.8) is 0 Å². The molecule has 3 N–H and O–H groups in total. The second-order valence-electron chi connectivity index (χ2n) is 5.95. The molecule has 0 atom stereocenters. The third kappa shape index (κ3) is 5.29. The first-order valence-corrected chi connectivity index (χ1v) is 9.42. The summed E-state index contributed by atoms with van der Waals surface area (Å²) in [5.41, 5.74) is 0.621. The van der Waals surface area contributed by atoms with Gasteiger partial charge >= 0.3 is 6.03 Å². The summed E-state index contributed by atoms with van der Waals surface area (Å²) in [6.45, 7) is -0.326. The number of hydrogen-bond donors (Lipinski definition) is 3. The number of barbiturate groups is 1. The third-order valence-electron chi connectivity index (χ3n) is 3.77. The Morgan fingerprint density at radius 2 is 1.63 bits per heavy atom. The van der Waals surface area contributed by atoms with Crippen molar-refractivity contribution in [2.45, 2.75) is 0 Å². The van der Waals surface area contributed by atoms with Crippen molar-refractivity contribution in [3.05, 3.63) is 62.6 Å². The van der Waals surface area contributed by atoms with Gasteiger partial charge in [-0.1, -0.05) is 40.9 Å². The van der Waals surface area contributed by atoms with Crippen molar-refractivity contribution in [2.24, 2.45) is 0 Å². The highest BCUT2D eigenvalue weighted by atomic mass is 35.5. The zero-order valence-electron chi connectivity index (χ0n) is 14.9. The van der Waals surface area contributed by atoms with Crippen molar-refractivity contribution in [2.75, 3.05) is 11.9 Å². The number of halogens is 3. The van der Waals surface area contributed by atoms with E-state index in [0.29, 0.717) is 21.3 Å². The number of rotatable bonds is 5. The highest BCUT2D eigenvalue weighted by Crippen LogP contribution is 2.27. The Balaban J connectivity index is 1.64. The fourth-order valence-corrected chi connectivity index (χ4v) is 2.95. The van der Waals surface area contributed by atoms with Crippen LogP contribution in [0.2, 0.25) is 15.1 Å². The SMILES string of the molecule is O=C(COc1ccc(C=C2C(=O)NC(=O)NC2=O)cc1Cl)Nc1ccc(Cl)c(Cl)c1. The molecule has 0 spiro atoms. The quantitative estimate of drug-likeness (QED) is 0.460. The molecule has 2 aromatic rings. The molecule has 3 rings (SSSR count). The standard InChI is InChI=1S/C19H12Cl3N3O5/c20-12-3-2-10(7-13(12)21)23-16(26)8-30-15-4-1-9(6-14(15)22)5-11-17(27)24-19(29)25-18(11)28/h1-7H,8H2,(H,23,26)(H2,24,25,27,28,29). The van der Waals surface area contributed by atoms with Crippen LogP contribution in [0.25, 0.3) is 6.08 Å². The second kappa shape index (κ2) is 9.17. The van der Waals surface area contributed by atoms with E-state index in [1.807, 2.05) is 10.6 Å². The fraction of sp³-hybridized carbons (Fsp3) is 0.0526. The fourth-order valence-electron chi connectivity index (χ4n) is 2.41. The molecular weight excluding hydrogens is 457 g/mol. The van der Waals surface area contributed by atoms with Crippen molar-refractivity contribution >= 4 is 70.3 Å². The van der Waals surface area contributed by atoms with Crippen molar-refractivity contribution in [1.82, 2.24) is 10.6 Å². The average Bonchev–Trinajstić information content (AvgIpc) is 2.67. The molecule has 30 heavy (non-hydrogen) atoms. The van der Waals surface area contributed by atoms with Gasteiger partial charge in [0.25, 0.3) is 17.7 Å². The first kappa shape index (κ1) is 21.6. The number of carbonyl (C=O) groups excluding carboxylic acids is 4. The monoisotopic (exact) mass is 467 g/mol. The number of imide groups is 2. The lowest BCUT2D eigenvalue weighted by molar-refractivity contribution is -0.124. The summed E-state index contributed by atoms with van der Waals surface area (Å²) in [7, 11) is 0. The van der Waals surface area contributed by atoms with Gasteiger partial charge in [-0.05, 0) is 42.0 Å². The normalized spacial score (nSPS) is 13.4. The largest absolute Gasteiger partial charge is 0.482 e. The molecule has 0 saturated carbocycles. The van der Waals surface area contributed by atoms with Crippen LogP contribution in [-0.2, 0) is 14.4 Å². The molecule has 8 nitrogen and oxygen atoms in total. The molecule has 1 aliphatic heterocycles. The Labute approximate surface area is 185 Å². The van der Waals surface area contributed by atoms with Gasteiger partial charge in [-0.25, -0.2) is 4.79 Å². The van der Waals surface area contributed by atoms with Gasteiger partial charge in [0, 0.05) is 5.69 Å². The van der Waals surface area contributed by atoms with Crippen LogP contribution in [0.4, 0.5) is 10.5 Å². The number of benzene rings is 2. The van der Waals surface area contributed by atoms with E-state index in [1.54, 1.807) is 12.1 Å². The van der Waals surface area contributed by atoms with E-state index in [2.05, 4.69) is 5.32 Å². The number of amides is 5. The molecule has 1 aliphatic rings. The minimum Gasteiger partial charge on any atom is -0.482 e. The average molecular weight is 469 g/mol. The van der Waals surface area contributed by atoms with Crippen LogP contribution >= 0.6 is 34.8 Å². The number of carbonyl (C=O) groups is 4. The minimum atomic E-state index is -0.886. The van der Waals surface area contributed by atoms with Gasteiger partial charge in [0.1, 0.15) is 11.3 Å². The van der Waals surface area contributed by atoms with Crippen LogP contribution in [0.1, 0.15) is 5.56 Å². The molecule has 1 heterocycles. The van der Waals surface area contributed by atoms with E-state index in [4.69, 9.17) is 39.5 Å². The van der Waals surface area contributed by atoms with E-state index in [0.717, 1.165) is 0 Å². The van der Waals surface area contributed by atoms with Crippen LogP contribution in [0.15, 0.2) is 42.0 Å². The molecule has 2 aromatic carbocycles. The molecule has 5 amide bonds. The zero-order valence-corrected chi connectivity index (χ0v) is 17.2. The highest BCUT2D eigenvalue weighted by molar-refractivity contribution is 6.42. The molecule has 154 valence electrons. The van der Waals surface area contributed by atoms with Crippen molar-refractivity contribution in [1.29, 1.82) is 0 Å². The van der Waals surface area contributed by atoms with Crippen molar-refractivity contribution in [3.8, 4) is 5.75 Å². The van der Waals surface area contributed by atoms with E-state index in [9.17, 15) is 19.2 Å². The first-order chi connectivity index (χ1) is 14.2. The lowest BCUT2D eigenvalue weighted by Gasteiger charge is -2.14. The summed E-state index contributed by atoms with van der Waals surface area (Å²) in [6, 6.07) is 8.20. The Morgan fingerprint density at radius 1 is 0.933 bits per heavy atom. The summed E-state index contributed by atoms with van der Waals surface area (Å²) >= 11 is 17.9. The summed E-state index contributed by atoms with van der Waals surface area (Å²) in [4.78, 5) is 46.6. The summed E-state index contributed by atoms with van der Waals surface area (Å²) in [5.74, 6) is -1.87. The molecular formula is C19H12Cl3N3O5. The van der Waals surface area contributed by atoms with Crippen molar-refractivity contribution < 1.29 is 23.9 Å². The summed E-state index contributed by atoms with van der Waals surface area (Å²) in [5, 5.41) is 7.36. The lowest BCUT2D eigenvalue weighted by Crippen LogP contribution is -2.51. The maximum atomic E-state index is 12.0. The highest BCUT2D eigenvalue weighted by Gasteiger charge is 2.27. The molecule has 1 saturated heterocycles. The summed E-state index contributed by atoms with van der Waals surface area (Å²) < 4.78 is 5.40. The predicted octanol–water partition coefficient (Wildman–Crippen LogP) is 3.41. The van der Waals surface area contributed by atoms with E-state index in [-0.39, 0.29) is 23.0 Å². The maximum Gasteiger partial charge on any atom is 0.328 e. The minimum absolute atomic E-state index is 0.152. The van der Waals surface area contributed by atoms with Gasteiger partial charge in [0.15, 0.2) is 6.61 Å². The lowest BCUT2D eigenvalue weighted by atomic mass is 10.1. The van der Waals surface area contributed by atoms with Gasteiger partial charge in [-0.2, -0.15) is 0 Å². The number of nitrogens with one attached hydrogen (secondary N) is 3. The van der Waals surface area contributed by atoms with Gasteiger partial charge in [-0.15, -0.1) is 0 Å². The second-order valence-corrected chi connectivity index (χ2v) is 7.17. The van der Waals surface area contributed by atoms with Gasteiger partial charge < -0.3 is 10.1 Å². The third-order valence-corrected chi connectivity index (χ3v) is 4.81. The Bertz CT molecular complexity index is 1080. The molecule has 0 bridgehead atoms. The predicted molar refractivity (Wildman–Crippen MR) is 112 cm³/mol. The van der Waals surface area contributed by atoms with Crippen LogP contribution < -0.4 is 20.7 Å². The molecule has 0 aliphatic carbocycles. The number of ether oxygens (including phenoxy) is 1. The van der Waals surface area contributed by atoms with E-state index in [1.165, 1.54) is 30.3 Å². The Kier molecular flexibility index (Phi) is 6.61. The van der Waals surface area contributed by atoms with Gasteiger partial charge in [0.2, 0.25) is 0 Å². The number of anilines is 1. The zero-order chi connectivity index (χ0) is 21.8. The molecule has 1 fully saturated rings. The Morgan fingerprint density at radius 3 is 2.27 bits per heavy atom.